The van der Waals surface area contributed by atoms with Gasteiger partial charge in [0.25, 0.3) is 0 Å². The molecule has 0 aromatic heterocycles. The van der Waals surface area contributed by atoms with Crippen molar-refractivity contribution in [2.75, 3.05) is 18.8 Å². The van der Waals surface area contributed by atoms with Crippen LogP contribution in [0.3, 0.4) is 0 Å². The summed E-state index contributed by atoms with van der Waals surface area (Å²) in [5.74, 6) is 0.939. The molecule has 20 heavy (non-hydrogen) atoms. The fraction of sp³-hybridized carbons (Fsp3) is 0.235. The number of nitriles is 1. The topological polar surface area (TPSA) is 35.8 Å². The van der Waals surface area contributed by atoms with Gasteiger partial charge in [-0.25, -0.2) is 0 Å². The molecule has 102 valence electrons. The lowest BCUT2D eigenvalue weighted by molar-refractivity contribution is 0.680. The van der Waals surface area contributed by atoms with Crippen molar-refractivity contribution in [1.82, 2.24) is 5.32 Å². The van der Waals surface area contributed by atoms with E-state index in [1.54, 1.807) is 0 Å². The van der Waals surface area contributed by atoms with Crippen LogP contribution in [0.15, 0.2) is 65.6 Å². The molecule has 0 amide bonds. The molecule has 0 aliphatic carbocycles. The average Bonchev–Trinajstić information content (AvgIpc) is 2.53. The van der Waals surface area contributed by atoms with E-state index in [0.29, 0.717) is 6.54 Å². The highest BCUT2D eigenvalue weighted by Crippen LogP contribution is 2.16. The van der Waals surface area contributed by atoms with Gasteiger partial charge >= 0.3 is 0 Å². The Balaban J connectivity index is 1.69. The lowest BCUT2D eigenvalue weighted by Gasteiger charge is -2.10. The van der Waals surface area contributed by atoms with E-state index in [0.717, 1.165) is 17.9 Å². The molecule has 1 atom stereocenters. The molecule has 0 heterocycles. The van der Waals surface area contributed by atoms with Gasteiger partial charge in [0.2, 0.25) is 0 Å². The van der Waals surface area contributed by atoms with Crippen molar-refractivity contribution in [3.05, 3.63) is 66.2 Å². The Kier molecular flexibility index (Phi) is 6.16. The predicted molar refractivity (Wildman–Crippen MR) is 84.8 cm³/mol. The van der Waals surface area contributed by atoms with Crippen LogP contribution in [0, 0.1) is 11.3 Å². The van der Waals surface area contributed by atoms with Gasteiger partial charge in [0.05, 0.1) is 12.0 Å². The van der Waals surface area contributed by atoms with Crippen LogP contribution in [0.2, 0.25) is 0 Å². The molecule has 2 aromatic carbocycles. The normalized spacial score (nSPS) is 11.8. The molecule has 2 nitrogen and oxygen atoms in total. The Morgan fingerprint density at radius 2 is 1.65 bits per heavy atom. The summed E-state index contributed by atoms with van der Waals surface area (Å²) in [6.07, 6.45) is 0. The Hall–Kier alpha value is -1.76. The van der Waals surface area contributed by atoms with Crippen LogP contribution in [-0.2, 0) is 0 Å². The zero-order valence-electron chi connectivity index (χ0n) is 11.3. The van der Waals surface area contributed by atoms with Crippen molar-refractivity contribution < 1.29 is 0 Å². The van der Waals surface area contributed by atoms with Gasteiger partial charge in [0.1, 0.15) is 0 Å². The summed E-state index contributed by atoms with van der Waals surface area (Å²) in [7, 11) is 0. The molecule has 0 radical (unpaired) electrons. The summed E-state index contributed by atoms with van der Waals surface area (Å²) >= 11 is 1.83. The first-order valence-electron chi connectivity index (χ1n) is 6.73. The molecule has 3 heteroatoms. The maximum atomic E-state index is 9.22. The van der Waals surface area contributed by atoms with Crippen molar-refractivity contribution >= 4 is 11.8 Å². The molecule has 0 spiro atoms. The molecule has 1 unspecified atom stereocenters. The second-order valence-electron chi connectivity index (χ2n) is 4.46. The van der Waals surface area contributed by atoms with E-state index in [-0.39, 0.29) is 5.92 Å². The zero-order chi connectivity index (χ0) is 14.0. The van der Waals surface area contributed by atoms with E-state index in [1.807, 2.05) is 48.2 Å². The second kappa shape index (κ2) is 8.42. The van der Waals surface area contributed by atoms with Crippen molar-refractivity contribution in [2.24, 2.45) is 0 Å². The van der Waals surface area contributed by atoms with Crippen LogP contribution >= 0.6 is 11.8 Å². The van der Waals surface area contributed by atoms with Crippen molar-refractivity contribution in [3.63, 3.8) is 0 Å². The van der Waals surface area contributed by atoms with Gasteiger partial charge in [-0.05, 0) is 17.7 Å². The Bertz CT molecular complexity index is 534. The van der Waals surface area contributed by atoms with Gasteiger partial charge < -0.3 is 5.32 Å². The monoisotopic (exact) mass is 282 g/mol. The molecule has 0 aliphatic rings. The predicted octanol–water partition coefficient (Wildman–Crippen LogP) is 3.68. The van der Waals surface area contributed by atoms with Crippen molar-refractivity contribution in [3.8, 4) is 6.07 Å². The van der Waals surface area contributed by atoms with Crippen LogP contribution in [-0.4, -0.2) is 18.8 Å². The van der Waals surface area contributed by atoms with Gasteiger partial charge in [0, 0.05) is 23.7 Å². The summed E-state index contributed by atoms with van der Waals surface area (Å²) in [5, 5.41) is 12.6. The number of hydrogen-bond donors (Lipinski definition) is 1. The van der Waals surface area contributed by atoms with Gasteiger partial charge in [-0.15, -0.1) is 11.8 Å². The van der Waals surface area contributed by atoms with Gasteiger partial charge in [-0.1, -0.05) is 48.5 Å². The fourth-order valence-electron chi connectivity index (χ4n) is 1.93. The summed E-state index contributed by atoms with van der Waals surface area (Å²) < 4.78 is 0. The van der Waals surface area contributed by atoms with E-state index in [1.165, 1.54) is 4.90 Å². The third-order valence-electron chi connectivity index (χ3n) is 3.00. The highest BCUT2D eigenvalue weighted by atomic mass is 32.2. The molecule has 1 N–H and O–H groups in total. The summed E-state index contributed by atoms with van der Waals surface area (Å²) in [6, 6.07) is 22.7. The third-order valence-corrected chi connectivity index (χ3v) is 4.01. The van der Waals surface area contributed by atoms with Crippen LogP contribution in [0.5, 0.6) is 0 Å². The molecule has 0 fully saturated rings. The molecule has 0 aliphatic heterocycles. The Morgan fingerprint density at radius 3 is 2.30 bits per heavy atom. The third kappa shape index (κ3) is 4.73. The Morgan fingerprint density at radius 1 is 1.00 bits per heavy atom. The van der Waals surface area contributed by atoms with Crippen molar-refractivity contribution in [2.45, 2.75) is 10.8 Å². The SMILES string of the molecule is N#CC(CNCCSc1ccccc1)c1ccccc1. The first-order valence-corrected chi connectivity index (χ1v) is 7.72. The number of rotatable bonds is 7. The van der Waals surface area contributed by atoms with E-state index >= 15 is 0 Å². The van der Waals surface area contributed by atoms with Gasteiger partial charge in [0.15, 0.2) is 0 Å². The molecular formula is C17H18N2S. The largest absolute Gasteiger partial charge is 0.314 e. The quantitative estimate of drug-likeness (QED) is 0.621. The maximum Gasteiger partial charge on any atom is 0.0837 e. The zero-order valence-corrected chi connectivity index (χ0v) is 12.1. The standard InChI is InChI=1S/C17H18N2S/c18-13-16(15-7-3-1-4-8-15)14-19-11-12-20-17-9-5-2-6-10-17/h1-10,16,19H,11-12,14H2. The van der Waals surface area contributed by atoms with E-state index in [4.69, 9.17) is 0 Å². The number of hydrogen-bond acceptors (Lipinski definition) is 3. The minimum atomic E-state index is -0.0714. The molecular weight excluding hydrogens is 264 g/mol. The molecule has 2 rings (SSSR count). The maximum absolute atomic E-state index is 9.22. The first-order chi connectivity index (χ1) is 9.90. The molecule has 0 bridgehead atoms. The summed E-state index contributed by atoms with van der Waals surface area (Å²) in [5.41, 5.74) is 1.08. The number of thioether (sulfide) groups is 1. The minimum Gasteiger partial charge on any atom is -0.314 e. The van der Waals surface area contributed by atoms with Crippen LogP contribution in [0.25, 0.3) is 0 Å². The first kappa shape index (κ1) is 14.6. The number of benzene rings is 2. The lowest BCUT2D eigenvalue weighted by Crippen LogP contribution is -2.23. The smallest absolute Gasteiger partial charge is 0.0837 e. The van der Waals surface area contributed by atoms with E-state index < -0.39 is 0 Å². The molecule has 0 saturated carbocycles. The molecule has 2 aromatic rings. The Labute approximate surface area is 124 Å². The highest BCUT2D eigenvalue weighted by Gasteiger charge is 2.08. The van der Waals surface area contributed by atoms with E-state index in [9.17, 15) is 5.26 Å². The van der Waals surface area contributed by atoms with Crippen LogP contribution < -0.4 is 5.32 Å². The van der Waals surface area contributed by atoms with Crippen LogP contribution in [0.4, 0.5) is 0 Å². The van der Waals surface area contributed by atoms with Gasteiger partial charge in [-0.3, -0.25) is 0 Å². The van der Waals surface area contributed by atoms with E-state index in [2.05, 4.69) is 35.7 Å². The number of nitrogens with one attached hydrogen (secondary N) is 1. The van der Waals surface area contributed by atoms with Gasteiger partial charge in [-0.2, -0.15) is 5.26 Å². The summed E-state index contributed by atoms with van der Waals surface area (Å²) in [4.78, 5) is 1.29. The van der Waals surface area contributed by atoms with Crippen molar-refractivity contribution in [1.29, 1.82) is 5.26 Å². The highest BCUT2D eigenvalue weighted by molar-refractivity contribution is 7.99. The summed E-state index contributed by atoms with van der Waals surface area (Å²) in [6.45, 7) is 1.61. The minimum absolute atomic E-state index is 0.0714. The second-order valence-corrected chi connectivity index (χ2v) is 5.63. The average molecular weight is 282 g/mol. The molecule has 0 saturated heterocycles. The fourth-order valence-corrected chi connectivity index (χ4v) is 2.76. The van der Waals surface area contributed by atoms with Crippen LogP contribution in [0.1, 0.15) is 11.5 Å². The lowest BCUT2D eigenvalue weighted by atomic mass is 10.0. The number of nitrogens with zero attached hydrogens (tertiary/aromatic N) is 1.